The van der Waals surface area contributed by atoms with Crippen LogP contribution in [0.1, 0.15) is 73.0 Å². The van der Waals surface area contributed by atoms with E-state index in [1.54, 1.807) is 0 Å². The maximum Gasteiger partial charge on any atom is 0.161 e. The van der Waals surface area contributed by atoms with Crippen molar-refractivity contribution in [2.75, 3.05) is 0 Å². The quantitative estimate of drug-likeness (QED) is 0.165. The molecule has 0 spiro atoms. The minimum Gasteiger partial charge on any atom is -0.254 e. The molecule has 0 amide bonds. The number of fused-ring (bicyclic) bond motifs is 1. The molecule has 0 atom stereocenters. The molecule has 0 aliphatic heterocycles. The number of hydrogen-bond acceptors (Lipinski definition) is 3. The van der Waals surface area contributed by atoms with E-state index in [4.69, 9.17) is 15.1 Å². The molecule has 4 aromatic carbocycles. The number of nitrogens with zero attached hydrogens (tertiary/aromatic N) is 4. The molecule has 4 heteroatoms. The van der Waals surface area contributed by atoms with Gasteiger partial charge in [0.25, 0.3) is 0 Å². The van der Waals surface area contributed by atoms with Gasteiger partial charge in [0, 0.05) is 10.9 Å². The summed E-state index contributed by atoms with van der Waals surface area (Å²) in [5, 5.41) is 6.16. The number of aliphatic imine (C=N–C) groups is 2. The van der Waals surface area contributed by atoms with Crippen molar-refractivity contribution in [1.29, 1.82) is 0 Å². The first-order chi connectivity index (χ1) is 18.8. The van der Waals surface area contributed by atoms with E-state index in [-0.39, 0.29) is 0 Å². The summed E-state index contributed by atoms with van der Waals surface area (Å²) in [6.07, 6.45) is 1.89. The highest BCUT2D eigenvalue weighted by Crippen LogP contribution is 2.36. The van der Waals surface area contributed by atoms with Crippen molar-refractivity contribution in [2.24, 2.45) is 9.98 Å². The Morgan fingerprint density at radius 1 is 0.692 bits per heavy atom. The zero-order valence-electron chi connectivity index (χ0n) is 23.7. The van der Waals surface area contributed by atoms with Crippen molar-refractivity contribution < 1.29 is 0 Å². The van der Waals surface area contributed by atoms with Crippen molar-refractivity contribution in [3.8, 4) is 0 Å². The second kappa shape index (κ2) is 11.2. The summed E-state index contributed by atoms with van der Waals surface area (Å²) >= 11 is 0. The fourth-order valence-electron chi connectivity index (χ4n) is 5.05. The smallest absolute Gasteiger partial charge is 0.161 e. The van der Waals surface area contributed by atoms with Crippen molar-refractivity contribution in [1.82, 2.24) is 9.78 Å². The summed E-state index contributed by atoms with van der Waals surface area (Å²) in [6, 6.07) is 31.5. The van der Waals surface area contributed by atoms with Crippen molar-refractivity contribution in [3.05, 3.63) is 125 Å². The molecule has 0 N–H and O–H groups in total. The minimum atomic E-state index is 0.342. The summed E-state index contributed by atoms with van der Waals surface area (Å²) in [6.45, 7) is 13.1. The van der Waals surface area contributed by atoms with Crippen LogP contribution in [0.3, 0.4) is 0 Å². The molecule has 0 fully saturated rings. The van der Waals surface area contributed by atoms with E-state index in [0.717, 1.165) is 50.5 Å². The van der Waals surface area contributed by atoms with Crippen molar-refractivity contribution in [3.63, 3.8) is 0 Å². The summed E-state index contributed by atoms with van der Waals surface area (Å²) in [5.74, 6) is 1.48. The van der Waals surface area contributed by atoms with Gasteiger partial charge in [0.1, 0.15) is 5.69 Å². The SMILES string of the molecule is Cc1cccc(C)c1/N=C/c1nn(/C(=N/c2c(C(C)C)cccc2C(C)C)c2ccccc2)c2ccccc12. The average molecular weight is 513 g/mol. The van der Waals surface area contributed by atoms with E-state index in [2.05, 4.69) is 126 Å². The highest BCUT2D eigenvalue weighted by molar-refractivity contribution is 6.09. The van der Waals surface area contributed by atoms with E-state index < -0.39 is 0 Å². The minimum absolute atomic E-state index is 0.342. The third-order valence-electron chi connectivity index (χ3n) is 7.16. The van der Waals surface area contributed by atoms with Gasteiger partial charge in [-0.15, -0.1) is 0 Å². The van der Waals surface area contributed by atoms with Gasteiger partial charge in [-0.25, -0.2) is 9.67 Å². The topological polar surface area (TPSA) is 42.5 Å². The molecule has 39 heavy (non-hydrogen) atoms. The third-order valence-corrected chi connectivity index (χ3v) is 7.16. The molecule has 0 aliphatic rings. The average Bonchev–Trinajstić information content (AvgIpc) is 3.30. The largest absolute Gasteiger partial charge is 0.254 e. The molecule has 0 saturated heterocycles. The van der Waals surface area contributed by atoms with Gasteiger partial charge in [-0.1, -0.05) is 113 Å². The van der Waals surface area contributed by atoms with Crippen LogP contribution >= 0.6 is 0 Å². The van der Waals surface area contributed by atoms with Crippen LogP contribution in [0.5, 0.6) is 0 Å². The normalized spacial score (nSPS) is 12.4. The lowest BCUT2D eigenvalue weighted by Gasteiger charge is -2.18. The Hall–Kier alpha value is -4.31. The lowest BCUT2D eigenvalue weighted by atomic mass is 9.93. The molecule has 5 rings (SSSR count). The van der Waals surface area contributed by atoms with Gasteiger partial charge in [-0.2, -0.15) is 5.10 Å². The van der Waals surface area contributed by atoms with Crippen LogP contribution in [0, 0.1) is 13.8 Å². The Kier molecular flexibility index (Phi) is 7.56. The van der Waals surface area contributed by atoms with Gasteiger partial charge >= 0.3 is 0 Å². The molecule has 5 aromatic rings. The maximum atomic E-state index is 5.42. The summed E-state index contributed by atoms with van der Waals surface area (Å²) in [4.78, 5) is 10.3. The number of aryl methyl sites for hydroxylation is 2. The van der Waals surface area contributed by atoms with Crippen LogP contribution in [-0.2, 0) is 0 Å². The molecule has 1 aromatic heterocycles. The van der Waals surface area contributed by atoms with Gasteiger partial charge in [0.15, 0.2) is 5.84 Å². The summed E-state index contributed by atoms with van der Waals surface area (Å²) < 4.78 is 1.98. The number of rotatable bonds is 6. The van der Waals surface area contributed by atoms with Crippen LogP contribution in [0.2, 0.25) is 0 Å². The first kappa shape index (κ1) is 26.3. The maximum absolute atomic E-state index is 5.42. The van der Waals surface area contributed by atoms with Gasteiger partial charge in [0.2, 0.25) is 0 Å². The van der Waals surface area contributed by atoms with E-state index >= 15 is 0 Å². The molecule has 1 heterocycles. The Bertz CT molecular complexity index is 1620. The molecule has 0 aliphatic carbocycles. The van der Waals surface area contributed by atoms with Crippen LogP contribution in [0.4, 0.5) is 11.4 Å². The van der Waals surface area contributed by atoms with Gasteiger partial charge < -0.3 is 0 Å². The molecular formula is C35H36N4. The predicted octanol–water partition coefficient (Wildman–Crippen LogP) is 9.28. The van der Waals surface area contributed by atoms with Crippen LogP contribution < -0.4 is 0 Å². The zero-order chi connectivity index (χ0) is 27.5. The molecule has 0 bridgehead atoms. The molecule has 4 nitrogen and oxygen atoms in total. The van der Waals surface area contributed by atoms with Crippen LogP contribution in [-0.4, -0.2) is 21.8 Å². The van der Waals surface area contributed by atoms with Gasteiger partial charge in [-0.3, -0.25) is 4.99 Å². The Labute approximate surface area is 231 Å². The second-order valence-corrected chi connectivity index (χ2v) is 10.7. The number of hydrogen-bond donors (Lipinski definition) is 0. The number of benzene rings is 4. The van der Waals surface area contributed by atoms with Gasteiger partial charge in [0.05, 0.1) is 23.1 Å². The fraction of sp³-hybridized carbons (Fsp3) is 0.229. The van der Waals surface area contributed by atoms with Crippen molar-refractivity contribution in [2.45, 2.75) is 53.4 Å². The third kappa shape index (κ3) is 5.33. The Balaban J connectivity index is 1.76. The molecular weight excluding hydrogens is 476 g/mol. The van der Waals surface area contributed by atoms with Crippen molar-refractivity contribution >= 4 is 34.3 Å². The van der Waals surface area contributed by atoms with E-state index in [1.165, 1.54) is 11.1 Å². The Morgan fingerprint density at radius 3 is 1.92 bits per heavy atom. The lowest BCUT2D eigenvalue weighted by molar-refractivity contribution is 0.833. The van der Waals surface area contributed by atoms with E-state index in [0.29, 0.717) is 11.8 Å². The molecule has 0 unspecified atom stereocenters. The second-order valence-electron chi connectivity index (χ2n) is 10.7. The highest BCUT2D eigenvalue weighted by atomic mass is 15.3. The molecule has 0 radical (unpaired) electrons. The highest BCUT2D eigenvalue weighted by Gasteiger charge is 2.19. The Morgan fingerprint density at radius 2 is 1.28 bits per heavy atom. The summed E-state index contributed by atoms with van der Waals surface area (Å²) in [7, 11) is 0. The predicted molar refractivity (Wildman–Crippen MR) is 166 cm³/mol. The molecule has 196 valence electrons. The van der Waals surface area contributed by atoms with E-state index in [1.807, 2.05) is 17.0 Å². The monoisotopic (exact) mass is 512 g/mol. The summed E-state index contributed by atoms with van der Waals surface area (Å²) in [5.41, 5.74) is 9.62. The standard InChI is InChI=1S/C35H36N4/c1-23(2)28-19-13-20-29(24(3)4)34(28)37-35(27-16-8-7-9-17-27)39-32-21-11-10-18-30(32)31(38-39)22-36-33-25(5)14-12-15-26(33)6/h7-24H,1-6H3/b36-22+,37-35+. The molecule has 0 saturated carbocycles. The number of para-hydroxylation sites is 3. The lowest BCUT2D eigenvalue weighted by Crippen LogP contribution is -2.16. The van der Waals surface area contributed by atoms with E-state index in [9.17, 15) is 0 Å². The first-order valence-electron chi connectivity index (χ1n) is 13.7. The fourth-order valence-corrected chi connectivity index (χ4v) is 5.05. The zero-order valence-corrected chi connectivity index (χ0v) is 23.7. The first-order valence-corrected chi connectivity index (χ1v) is 13.7. The van der Waals surface area contributed by atoms with Crippen LogP contribution in [0.15, 0.2) is 101 Å². The van der Waals surface area contributed by atoms with Crippen LogP contribution in [0.25, 0.3) is 10.9 Å². The van der Waals surface area contributed by atoms with Gasteiger partial charge in [-0.05, 0) is 54.0 Å². The number of aromatic nitrogens is 2.